The SMILES string of the molecule is Cc1noc(C)c1CS(=O)(=O)c1cccc(C(=O)O)c1. The van der Waals surface area contributed by atoms with Crippen molar-refractivity contribution in [3.63, 3.8) is 0 Å². The predicted octanol–water partition coefficient (Wildman–Crippen LogP) is 1.96. The number of hydrogen-bond donors (Lipinski definition) is 1. The molecule has 7 heteroatoms. The summed E-state index contributed by atoms with van der Waals surface area (Å²) in [5.41, 5.74) is 0.955. The van der Waals surface area contributed by atoms with Crippen molar-refractivity contribution < 1.29 is 22.8 Å². The first-order valence-electron chi connectivity index (χ1n) is 5.79. The minimum absolute atomic E-state index is 0.0302. The Kier molecular flexibility index (Phi) is 3.63. The Morgan fingerprint density at radius 3 is 2.60 bits per heavy atom. The molecule has 6 nitrogen and oxygen atoms in total. The molecule has 0 fully saturated rings. The molecular weight excluding hydrogens is 282 g/mol. The highest BCUT2D eigenvalue weighted by molar-refractivity contribution is 7.90. The van der Waals surface area contributed by atoms with Crippen LogP contribution in [0.2, 0.25) is 0 Å². The molecule has 0 radical (unpaired) electrons. The fraction of sp³-hybridized carbons (Fsp3) is 0.231. The third-order valence-electron chi connectivity index (χ3n) is 2.96. The van der Waals surface area contributed by atoms with Gasteiger partial charge in [-0.05, 0) is 32.0 Å². The van der Waals surface area contributed by atoms with Gasteiger partial charge in [-0.3, -0.25) is 0 Å². The summed E-state index contributed by atoms with van der Waals surface area (Å²) in [6.07, 6.45) is 0. The summed E-state index contributed by atoms with van der Waals surface area (Å²) >= 11 is 0. The molecule has 0 saturated carbocycles. The number of benzene rings is 1. The average Bonchev–Trinajstić information content (AvgIpc) is 2.70. The topological polar surface area (TPSA) is 97.5 Å². The molecule has 0 saturated heterocycles. The van der Waals surface area contributed by atoms with Crippen LogP contribution in [0.4, 0.5) is 0 Å². The highest BCUT2D eigenvalue weighted by Gasteiger charge is 2.21. The first-order valence-corrected chi connectivity index (χ1v) is 7.44. The molecule has 106 valence electrons. The number of aryl methyl sites for hydroxylation is 2. The summed E-state index contributed by atoms with van der Waals surface area (Å²) in [7, 11) is -3.65. The van der Waals surface area contributed by atoms with Gasteiger partial charge in [-0.1, -0.05) is 11.2 Å². The van der Waals surface area contributed by atoms with Crippen LogP contribution in [0.1, 0.15) is 27.4 Å². The smallest absolute Gasteiger partial charge is 0.335 e. The molecule has 0 amide bonds. The Morgan fingerprint density at radius 1 is 1.35 bits per heavy atom. The number of carboxylic acids is 1. The standard InChI is InChI=1S/C13H13NO5S/c1-8-12(9(2)19-14-8)7-20(17,18)11-5-3-4-10(6-11)13(15)16/h3-6H,7H2,1-2H3,(H,15,16). The van der Waals surface area contributed by atoms with Crippen molar-refractivity contribution in [2.75, 3.05) is 0 Å². The highest BCUT2D eigenvalue weighted by atomic mass is 32.2. The number of hydrogen-bond acceptors (Lipinski definition) is 5. The molecule has 0 aliphatic rings. The van der Waals surface area contributed by atoms with Crippen LogP contribution in [0, 0.1) is 13.8 Å². The Hall–Kier alpha value is -2.15. The van der Waals surface area contributed by atoms with Crippen molar-refractivity contribution in [2.45, 2.75) is 24.5 Å². The largest absolute Gasteiger partial charge is 0.478 e. The molecule has 0 spiro atoms. The molecule has 0 aliphatic heterocycles. The lowest BCUT2D eigenvalue weighted by molar-refractivity contribution is 0.0696. The van der Waals surface area contributed by atoms with Crippen molar-refractivity contribution in [3.8, 4) is 0 Å². The maximum Gasteiger partial charge on any atom is 0.335 e. The van der Waals surface area contributed by atoms with Crippen LogP contribution in [0.25, 0.3) is 0 Å². The quantitative estimate of drug-likeness (QED) is 0.926. The third-order valence-corrected chi connectivity index (χ3v) is 4.60. The van der Waals surface area contributed by atoms with Gasteiger partial charge in [-0.2, -0.15) is 0 Å². The zero-order valence-electron chi connectivity index (χ0n) is 11.0. The van der Waals surface area contributed by atoms with E-state index in [0.717, 1.165) is 6.07 Å². The lowest BCUT2D eigenvalue weighted by atomic mass is 10.2. The molecular formula is C13H13NO5S. The van der Waals surface area contributed by atoms with Crippen molar-refractivity contribution in [3.05, 3.63) is 46.8 Å². The van der Waals surface area contributed by atoms with E-state index < -0.39 is 15.8 Å². The van der Waals surface area contributed by atoms with Crippen LogP contribution >= 0.6 is 0 Å². The van der Waals surface area contributed by atoms with E-state index >= 15 is 0 Å². The molecule has 2 aromatic rings. The Bertz CT molecular complexity index is 741. The lowest BCUT2D eigenvalue weighted by Gasteiger charge is -2.05. The van der Waals surface area contributed by atoms with E-state index in [2.05, 4.69) is 5.16 Å². The molecule has 0 bridgehead atoms. The maximum absolute atomic E-state index is 12.3. The van der Waals surface area contributed by atoms with Gasteiger partial charge in [0.1, 0.15) is 5.76 Å². The number of nitrogens with zero attached hydrogens (tertiary/aromatic N) is 1. The van der Waals surface area contributed by atoms with E-state index in [1.165, 1.54) is 18.2 Å². The minimum atomic E-state index is -3.65. The lowest BCUT2D eigenvalue weighted by Crippen LogP contribution is -2.08. The fourth-order valence-corrected chi connectivity index (χ4v) is 3.36. The number of carboxylic acid groups (broad SMARTS) is 1. The first-order chi connectivity index (χ1) is 9.31. The number of sulfone groups is 1. The second-order valence-electron chi connectivity index (χ2n) is 4.39. The third kappa shape index (κ3) is 2.72. The summed E-state index contributed by atoms with van der Waals surface area (Å²) in [4.78, 5) is 10.9. The normalized spacial score (nSPS) is 11.5. The van der Waals surface area contributed by atoms with Gasteiger partial charge in [0.05, 0.1) is 21.9 Å². The van der Waals surface area contributed by atoms with Gasteiger partial charge in [0, 0.05) is 5.56 Å². The average molecular weight is 295 g/mol. The molecule has 1 heterocycles. The molecule has 2 rings (SSSR count). The van der Waals surface area contributed by atoms with Gasteiger partial charge >= 0.3 is 5.97 Å². The maximum atomic E-state index is 12.3. The van der Waals surface area contributed by atoms with Gasteiger partial charge in [-0.15, -0.1) is 0 Å². The van der Waals surface area contributed by atoms with Crippen LogP contribution < -0.4 is 0 Å². The van der Waals surface area contributed by atoms with E-state index in [1.807, 2.05) is 0 Å². The van der Waals surface area contributed by atoms with E-state index in [9.17, 15) is 13.2 Å². The molecule has 20 heavy (non-hydrogen) atoms. The van der Waals surface area contributed by atoms with Crippen molar-refractivity contribution in [1.82, 2.24) is 5.16 Å². The summed E-state index contributed by atoms with van der Waals surface area (Å²) in [5, 5.41) is 12.6. The van der Waals surface area contributed by atoms with Gasteiger partial charge < -0.3 is 9.63 Å². The summed E-state index contributed by atoms with van der Waals surface area (Å²) < 4.78 is 29.6. The molecule has 0 atom stereocenters. The highest BCUT2D eigenvalue weighted by Crippen LogP contribution is 2.21. The monoisotopic (exact) mass is 295 g/mol. The second kappa shape index (κ2) is 5.09. The zero-order chi connectivity index (χ0) is 14.9. The molecule has 0 unspecified atom stereocenters. The summed E-state index contributed by atoms with van der Waals surface area (Å²) in [5.74, 6) is -0.989. The number of rotatable bonds is 4. The molecule has 1 aromatic heterocycles. The molecule has 0 aliphatic carbocycles. The number of aromatic nitrogens is 1. The van der Waals surface area contributed by atoms with Crippen molar-refractivity contribution >= 4 is 15.8 Å². The van der Waals surface area contributed by atoms with Crippen LogP contribution in [0.3, 0.4) is 0 Å². The fourth-order valence-electron chi connectivity index (χ4n) is 1.80. The summed E-state index contributed by atoms with van der Waals surface area (Å²) in [6.45, 7) is 3.30. The van der Waals surface area contributed by atoms with Crippen molar-refractivity contribution in [2.24, 2.45) is 0 Å². The van der Waals surface area contributed by atoms with Gasteiger partial charge in [-0.25, -0.2) is 13.2 Å². The Morgan fingerprint density at radius 2 is 2.05 bits per heavy atom. The van der Waals surface area contributed by atoms with Gasteiger partial charge in [0.15, 0.2) is 9.84 Å². The van der Waals surface area contributed by atoms with Crippen LogP contribution in [-0.4, -0.2) is 24.7 Å². The predicted molar refractivity (Wildman–Crippen MR) is 70.3 cm³/mol. The van der Waals surface area contributed by atoms with E-state index in [1.54, 1.807) is 13.8 Å². The molecule has 1 N–H and O–H groups in total. The summed E-state index contributed by atoms with van der Waals surface area (Å²) in [6, 6.07) is 5.27. The van der Waals surface area contributed by atoms with Crippen LogP contribution in [0.5, 0.6) is 0 Å². The minimum Gasteiger partial charge on any atom is -0.478 e. The van der Waals surface area contributed by atoms with Crippen LogP contribution in [-0.2, 0) is 15.6 Å². The molecule has 1 aromatic carbocycles. The number of aromatic carboxylic acids is 1. The van der Waals surface area contributed by atoms with Gasteiger partial charge in [0.25, 0.3) is 0 Å². The van der Waals surface area contributed by atoms with E-state index in [-0.39, 0.29) is 16.2 Å². The van der Waals surface area contributed by atoms with Crippen LogP contribution in [0.15, 0.2) is 33.7 Å². The second-order valence-corrected chi connectivity index (χ2v) is 6.38. The zero-order valence-corrected chi connectivity index (χ0v) is 11.8. The van der Waals surface area contributed by atoms with E-state index in [0.29, 0.717) is 17.0 Å². The number of carbonyl (C=O) groups is 1. The van der Waals surface area contributed by atoms with E-state index in [4.69, 9.17) is 9.63 Å². The Labute approximate surface area is 115 Å². The van der Waals surface area contributed by atoms with Gasteiger partial charge in [0.2, 0.25) is 0 Å². The first kappa shape index (κ1) is 14.3. The Balaban J connectivity index is 2.41. The van der Waals surface area contributed by atoms with Crippen molar-refractivity contribution in [1.29, 1.82) is 0 Å².